The fourth-order valence-electron chi connectivity index (χ4n) is 2.48. The lowest BCUT2D eigenvalue weighted by Crippen LogP contribution is -2.36. The number of alkyl halides is 3. The van der Waals surface area contributed by atoms with Crippen molar-refractivity contribution in [2.45, 2.75) is 25.7 Å². The molecule has 0 saturated heterocycles. The summed E-state index contributed by atoms with van der Waals surface area (Å²) in [5.41, 5.74) is -0.784. The van der Waals surface area contributed by atoms with E-state index in [4.69, 9.17) is 14.2 Å². The molecule has 2 aromatic carbocycles. The standard InChI is InChI=1S/C18H16F3NO4/c1-11(26-13-6-7-15-16(8-13)25-10-24-15)17(23)22-9-12-4-2-3-5-14(12)18(19,20)21/h2-8,11H,9-10H2,1H3,(H,22,23). The van der Waals surface area contributed by atoms with Crippen molar-refractivity contribution in [3.8, 4) is 17.2 Å². The molecule has 1 heterocycles. The number of rotatable bonds is 5. The summed E-state index contributed by atoms with van der Waals surface area (Å²) in [6, 6.07) is 9.96. The number of halogens is 3. The molecule has 3 rings (SSSR count). The van der Waals surface area contributed by atoms with Crippen molar-refractivity contribution >= 4 is 5.91 Å². The lowest BCUT2D eigenvalue weighted by Gasteiger charge is -2.17. The van der Waals surface area contributed by atoms with E-state index < -0.39 is 23.8 Å². The van der Waals surface area contributed by atoms with Gasteiger partial charge in [-0.25, -0.2) is 0 Å². The Labute approximate surface area is 147 Å². The van der Waals surface area contributed by atoms with Gasteiger partial charge in [0, 0.05) is 12.6 Å². The van der Waals surface area contributed by atoms with Gasteiger partial charge in [-0.3, -0.25) is 4.79 Å². The smallest absolute Gasteiger partial charge is 0.416 e. The molecule has 0 aliphatic carbocycles. The van der Waals surface area contributed by atoms with Gasteiger partial charge in [-0.1, -0.05) is 18.2 Å². The van der Waals surface area contributed by atoms with Crippen LogP contribution in [0.3, 0.4) is 0 Å². The highest BCUT2D eigenvalue weighted by molar-refractivity contribution is 5.80. The van der Waals surface area contributed by atoms with Crippen LogP contribution in [0.2, 0.25) is 0 Å². The monoisotopic (exact) mass is 367 g/mol. The molecule has 0 fully saturated rings. The van der Waals surface area contributed by atoms with E-state index in [-0.39, 0.29) is 18.9 Å². The van der Waals surface area contributed by atoms with Crippen LogP contribution in [0, 0.1) is 0 Å². The largest absolute Gasteiger partial charge is 0.481 e. The molecule has 8 heteroatoms. The molecule has 5 nitrogen and oxygen atoms in total. The SMILES string of the molecule is CC(Oc1ccc2c(c1)OCO2)C(=O)NCc1ccccc1C(F)(F)F. The van der Waals surface area contributed by atoms with Crippen LogP contribution in [-0.2, 0) is 17.5 Å². The summed E-state index contributed by atoms with van der Waals surface area (Å²) >= 11 is 0. The maximum Gasteiger partial charge on any atom is 0.416 e. The van der Waals surface area contributed by atoms with Crippen molar-refractivity contribution in [1.82, 2.24) is 5.32 Å². The van der Waals surface area contributed by atoms with E-state index in [0.29, 0.717) is 17.2 Å². The van der Waals surface area contributed by atoms with Crippen LogP contribution < -0.4 is 19.5 Å². The Morgan fingerprint density at radius 3 is 2.69 bits per heavy atom. The normalized spacial score (nSPS) is 14.0. The first-order chi connectivity index (χ1) is 12.3. The maximum absolute atomic E-state index is 13.0. The molecule has 1 N–H and O–H groups in total. The molecule has 0 radical (unpaired) electrons. The first-order valence-corrected chi connectivity index (χ1v) is 7.84. The zero-order chi connectivity index (χ0) is 18.7. The van der Waals surface area contributed by atoms with Crippen molar-refractivity contribution in [2.75, 3.05) is 6.79 Å². The number of carbonyl (C=O) groups excluding carboxylic acids is 1. The zero-order valence-corrected chi connectivity index (χ0v) is 13.8. The van der Waals surface area contributed by atoms with Crippen LogP contribution in [0.5, 0.6) is 17.2 Å². The molecule has 138 valence electrons. The second kappa shape index (κ2) is 7.15. The molecule has 1 unspecified atom stereocenters. The summed E-state index contributed by atoms with van der Waals surface area (Å²) in [4.78, 5) is 12.1. The minimum absolute atomic E-state index is 0.0105. The second-order valence-electron chi connectivity index (χ2n) is 5.65. The van der Waals surface area contributed by atoms with E-state index in [0.717, 1.165) is 6.07 Å². The molecular weight excluding hydrogens is 351 g/mol. The van der Waals surface area contributed by atoms with Crippen LogP contribution in [0.25, 0.3) is 0 Å². The molecular formula is C18H16F3NO4. The number of hydrogen-bond donors (Lipinski definition) is 1. The molecule has 1 atom stereocenters. The molecule has 1 aliphatic rings. The van der Waals surface area contributed by atoms with E-state index in [9.17, 15) is 18.0 Å². The lowest BCUT2D eigenvalue weighted by molar-refractivity contribution is -0.138. The quantitative estimate of drug-likeness (QED) is 0.879. The molecule has 2 aromatic rings. The molecule has 26 heavy (non-hydrogen) atoms. The Balaban J connectivity index is 1.60. The minimum Gasteiger partial charge on any atom is -0.481 e. The third kappa shape index (κ3) is 4.01. The Hall–Kier alpha value is -2.90. The van der Waals surface area contributed by atoms with Gasteiger partial charge in [0.05, 0.1) is 5.56 Å². The third-order valence-electron chi connectivity index (χ3n) is 3.80. The second-order valence-corrected chi connectivity index (χ2v) is 5.65. The number of hydrogen-bond acceptors (Lipinski definition) is 4. The van der Waals surface area contributed by atoms with Crippen molar-refractivity contribution in [1.29, 1.82) is 0 Å². The fourth-order valence-corrected chi connectivity index (χ4v) is 2.48. The topological polar surface area (TPSA) is 56.8 Å². The predicted molar refractivity (Wildman–Crippen MR) is 85.9 cm³/mol. The van der Waals surface area contributed by atoms with E-state index in [1.54, 1.807) is 18.2 Å². The fraction of sp³-hybridized carbons (Fsp3) is 0.278. The van der Waals surface area contributed by atoms with Crippen LogP contribution in [0.4, 0.5) is 13.2 Å². The van der Waals surface area contributed by atoms with Crippen LogP contribution >= 0.6 is 0 Å². The van der Waals surface area contributed by atoms with Gasteiger partial charge < -0.3 is 19.5 Å². The Bertz CT molecular complexity index is 807. The van der Waals surface area contributed by atoms with Gasteiger partial charge >= 0.3 is 6.18 Å². The summed E-state index contributed by atoms with van der Waals surface area (Å²) in [7, 11) is 0. The molecule has 0 aromatic heterocycles. The van der Waals surface area contributed by atoms with Crippen LogP contribution in [-0.4, -0.2) is 18.8 Å². The summed E-state index contributed by atoms with van der Waals surface area (Å²) in [5, 5.41) is 2.46. The van der Waals surface area contributed by atoms with Gasteiger partial charge in [0.15, 0.2) is 17.6 Å². The average Bonchev–Trinajstić information content (AvgIpc) is 3.06. The van der Waals surface area contributed by atoms with E-state index >= 15 is 0 Å². The zero-order valence-electron chi connectivity index (χ0n) is 13.8. The number of ether oxygens (including phenoxy) is 3. The van der Waals surface area contributed by atoms with Crippen molar-refractivity contribution in [3.63, 3.8) is 0 Å². The number of carbonyl (C=O) groups is 1. The van der Waals surface area contributed by atoms with Crippen LogP contribution in [0.15, 0.2) is 42.5 Å². The Morgan fingerprint density at radius 2 is 1.92 bits per heavy atom. The highest BCUT2D eigenvalue weighted by atomic mass is 19.4. The van der Waals surface area contributed by atoms with Gasteiger partial charge in [-0.15, -0.1) is 0 Å². The molecule has 0 saturated carbocycles. The lowest BCUT2D eigenvalue weighted by atomic mass is 10.1. The number of nitrogens with one attached hydrogen (secondary N) is 1. The van der Waals surface area contributed by atoms with Crippen molar-refractivity contribution in [2.24, 2.45) is 0 Å². The number of benzene rings is 2. The number of fused-ring (bicyclic) bond motifs is 1. The van der Waals surface area contributed by atoms with Gasteiger partial charge in [0.1, 0.15) is 5.75 Å². The van der Waals surface area contributed by atoms with Gasteiger partial charge in [0.25, 0.3) is 5.91 Å². The van der Waals surface area contributed by atoms with E-state index in [1.165, 1.54) is 25.1 Å². The maximum atomic E-state index is 13.0. The highest BCUT2D eigenvalue weighted by Gasteiger charge is 2.33. The van der Waals surface area contributed by atoms with E-state index in [1.807, 2.05) is 0 Å². The van der Waals surface area contributed by atoms with Crippen molar-refractivity contribution in [3.05, 3.63) is 53.6 Å². The summed E-state index contributed by atoms with van der Waals surface area (Å²) in [5.74, 6) is 0.958. The highest BCUT2D eigenvalue weighted by Crippen LogP contribution is 2.35. The molecule has 0 bridgehead atoms. The van der Waals surface area contributed by atoms with Crippen molar-refractivity contribution < 1.29 is 32.2 Å². The summed E-state index contributed by atoms with van der Waals surface area (Å²) in [6.45, 7) is 1.38. The third-order valence-corrected chi connectivity index (χ3v) is 3.80. The molecule has 1 aliphatic heterocycles. The number of amides is 1. The van der Waals surface area contributed by atoms with Gasteiger partial charge in [-0.05, 0) is 30.7 Å². The van der Waals surface area contributed by atoms with Crippen LogP contribution in [0.1, 0.15) is 18.1 Å². The predicted octanol–water partition coefficient (Wildman–Crippen LogP) is 3.52. The van der Waals surface area contributed by atoms with Gasteiger partial charge in [0.2, 0.25) is 6.79 Å². The minimum atomic E-state index is -4.48. The molecule has 1 amide bonds. The first kappa shape index (κ1) is 17.9. The first-order valence-electron chi connectivity index (χ1n) is 7.84. The Morgan fingerprint density at radius 1 is 1.19 bits per heavy atom. The Kier molecular flexibility index (Phi) is 4.92. The summed E-state index contributed by atoms with van der Waals surface area (Å²) < 4.78 is 54.8. The van der Waals surface area contributed by atoms with E-state index in [2.05, 4.69) is 5.32 Å². The molecule has 0 spiro atoms. The average molecular weight is 367 g/mol. The van der Waals surface area contributed by atoms with Gasteiger partial charge in [-0.2, -0.15) is 13.2 Å². The summed E-state index contributed by atoms with van der Waals surface area (Å²) in [6.07, 6.45) is -5.37.